The minimum atomic E-state index is -0.210. The summed E-state index contributed by atoms with van der Waals surface area (Å²) in [6, 6.07) is 17.0. The molecular formula is C21H25N3O3. The molecular weight excluding hydrogens is 342 g/mol. The number of amides is 3. The van der Waals surface area contributed by atoms with Gasteiger partial charge < -0.3 is 19.9 Å². The third-order valence-corrected chi connectivity index (χ3v) is 4.79. The molecule has 0 radical (unpaired) electrons. The molecule has 0 aromatic heterocycles. The minimum Gasteiger partial charge on any atom is -0.495 e. The van der Waals surface area contributed by atoms with Crippen LogP contribution >= 0.6 is 0 Å². The second-order valence-electron chi connectivity index (χ2n) is 6.46. The van der Waals surface area contributed by atoms with Crippen molar-refractivity contribution in [2.45, 2.75) is 19.4 Å². The first-order chi connectivity index (χ1) is 13.1. The molecule has 142 valence electrons. The van der Waals surface area contributed by atoms with Gasteiger partial charge in [-0.05, 0) is 24.1 Å². The number of anilines is 1. The van der Waals surface area contributed by atoms with Crippen molar-refractivity contribution >= 4 is 17.6 Å². The van der Waals surface area contributed by atoms with Crippen LogP contribution in [0.15, 0.2) is 54.6 Å². The highest BCUT2D eigenvalue weighted by molar-refractivity contribution is 5.98. The van der Waals surface area contributed by atoms with Gasteiger partial charge in [0.05, 0.1) is 18.8 Å². The number of ether oxygens (including phenoxy) is 1. The van der Waals surface area contributed by atoms with Crippen molar-refractivity contribution in [1.29, 1.82) is 0 Å². The van der Waals surface area contributed by atoms with E-state index in [1.807, 2.05) is 61.5 Å². The summed E-state index contributed by atoms with van der Waals surface area (Å²) in [5.74, 6) is 0.535. The maximum absolute atomic E-state index is 12.7. The van der Waals surface area contributed by atoms with Crippen LogP contribution in [-0.4, -0.2) is 43.6 Å². The van der Waals surface area contributed by atoms with E-state index in [1.54, 1.807) is 16.9 Å². The quantitative estimate of drug-likeness (QED) is 0.883. The van der Waals surface area contributed by atoms with Gasteiger partial charge in [0.25, 0.3) is 0 Å². The third kappa shape index (κ3) is 4.22. The van der Waals surface area contributed by atoms with Crippen molar-refractivity contribution in [3.63, 3.8) is 0 Å². The fourth-order valence-electron chi connectivity index (χ4n) is 3.30. The van der Waals surface area contributed by atoms with Crippen LogP contribution in [0, 0.1) is 0 Å². The van der Waals surface area contributed by atoms with Crippen LogP contribution in [0.2, 0.25) is 0 Å². The number of hydrogen-bond donors (Lipinski definition) is 1. The molecule has 6 nitrogen and oxygen atoms in total. The molecule has 27 heavy (non-hydrogen) atoms. The molecule has 2 aromatic carbocycles. The van der Waals surface area contributed by atoms with Crippen LogP contribution in [0.5, 0.6) is 5.75 Å². The smallest absolute Gasteiger partial charge is 0.318 e. The molecule has 1 aliphatic heterocycles. The largest absolute Gasteiger partial charge is 0.495 e. The molecule has 0 aliphatic carbocycles. The number of carbonyl (C=O) groups is 2. The molecule has 0 bridgehead atoms. The Morgan fingerprint density at radius 1 is 1.11 bits per heavy atom. The van der Waals surface area contributed by atoms with Gasteiger partial charge >= 0.3 is 6.03 Å². The maximum Gasteiger partial charge on any atom is 0.318 e. The Morgan fingerprint density at radius 2 is 1.81 bits per heavy atom. The zero-order chi connectivity index (χ0) is 19.2. The van der Waals surface area contributed by atoms with Crippen LogP contribution < -0.4 is 15.0 Å². The predicted molar refractivity (Wildman–Crippen MR) is 105 cm³/mol. The summed E-state index contributed by atoms with van der Waals surface area (Å²) in [5, 5.41) is 3.04. The number of hydrogen-bond acceptors (Lipinski definition) is 3. The van der Waals surface area contributed by atoms with Crippen molar-refractivity contribution in [2.75, 3.05) is 31.6 Å². The lowest BCUT2D eigenvalue weighted by Crippen LogP contribution is -2.55. The number of nitrogens with one attached hydrogen (secondary N) is 1. The SMILES string of the molecule is CC[C@H](NC(=O)N1CCN(c2ccccc2OC)C(=O)C1)c1ccccc1. The summed E-state index contributed by atoms with van der Waals surface area (Å²) < 4.78 is 5.35. The zero-order valence-corrected chi connectivity index (χ0v) is 15.7. The van der Waals surface area contributed by atoms with Gasteiger partial charge in [-0.3, -0.25) is 4.79 Å². The average Bonchev–Trinajstić information content (AvgIpc) is 2.72. The Bertz CT molecular complexity index is 794. The lowest BCUT2D eigenvalue weighted by Gasteiger charge is -2.35. The lowest BCUT2D eigenvalue weighted by molar-refractivity contribution is -0.120. The Morgan fingerprint density at radius 3 is 2.48 bits per heavy atom. The molecule has 3 rings (SSSR count). The van der Waals surface area contributed by atoms with E-state index in [0.29, 0.717) is 18.8 Å². The van der Waals surface area contributed by atoms with Crippen molar-refractivity contribution in [3.05, 3.63) is 60.2 Å². The predicted octanol–water partition coefficient (Wildman–Crippen LogP) is 3.20. The summed E-state index contributed by atoms with van der Waals surface area (Å²) in [5.41, 5.74) is 1.80. The van der Waals surface area contributed by atoms with Crippen LogP contribution in [-0.2, 0) is 4.79 Å². The van der Waals surface area contributed by atoms with E-state index in [0.717, 1.165) is 17.7 Å². The Hall–Kier alpha value is -3.02. The van der Waals surface area contributed by atoms with E-state index in [2.05, 4.69) is 5.32 Å². The molecule has 1 aliphatic rings. The highest BCUT2D eigenvalue weighted by atomic mass is 16.5. The summed E-state index contributed by atoms with van der Waals surface area (Å²) in [6.45, 7) is 2.99. The molecule has 1 N–H and O–H groups in total. The van der Waals surface area contributed by atoms with Crippen LogP contribution in [0.1, 0.15) is 24.9 Å². The highest BCUT2D eigenvalue weighted by Gasteiger charge is 2.30. The summed E-state index contributed by atoms with van der Waals surface area (Å²) in [6.07, 6.45) is 0.783. The number of para-hydroxylation sites is 2. The average molecular weight is 367 g/mol. The standard InChI is InChI=1S/C21H25N3O3/c1-3-17(16-9-5-4-6-10-16)22-21(26)23-13-14-24(20(25)15-23)18-11-7-8-12-19(18)27-2/h4-12,17H,3,13-15H2,1-2H3,(H,22,26)/t17-/m0/s1. The zero-order valence-electron chi connectivity index (χ0n) is 15.7. The van der Waals surface area contributed by atoms with E-state index in [4.69, 9.17) is 4.74 Å². The molecule has 3 amide bonds. The second-order valence-corrected chi connectivity index (χ2v) is 6.46. The van der Waals surface area contributed by atoms with E-state index in [1.165, 1.54) is 0 Å². The van der Waals surface area contributed by atoms with E-state index >= 15 is 0 Å². The van der Waals surface area contributed by atoms with Gasteiger partial charge in [0.1, 0.15) is 12.3 Å². The summed E-state index contributed by atoms with van der Waals surface area (Å²) in [4.78, 5) is 28.6. The molecule has 2 aromatic rings. The van der Waals surface area contributed by atoms with Crippen LogP contribution in [0.25, 0.3) is 0 Å². The first kappa shape index (κ1) is 18.8. The number of rotatable bonds is 5. The molecule has 1 saturated heterocycles. The fraction of sp³-hybridized carbons (Fsp3) is 0.333. The molecule has 1 fully saturated rings. The van der Waals surface area contributed by atoms with Crippen LogP contribution in [0.3, 0.4) is 0 Å². The molecule has 0 saturated carbocycles. The van der Waals surface area contributed by atoms with Gasteiger partial charge in [-0.25, -0.2) is 4.79 Å². The van der Waals surface area contributed by atoms with Gasteiger partial charge in [0.15, 0.2) is 0 Å². The van der Waals surface area contributed by atoms with Crippen molar-refractivity contribution in [3.8, 4) is 5.75 Å². The van der Waals surface area contributed by atoms with Gasteiger partial charge in [-0.1, -0.05) is 49.4 Å². The maximum atomic E-state index is 12.7. The fourth-order valence-corrected chi connectivity index (χ4v) is 3.30. The van der Waals surface area contributed by atoms with E-state index in [-0.39, 0.29) is 24.5 Å². The monoisotopic (exact) mass is 367 g/mol. The highest BCUT2D eigenvalue weighted by Crippen LogP contribution is 2.29. The Balaban J connectivity index is 1.65. The topological polar surface area (TPSA) is 61.9 Å². The number of methoxy groups -OCH3 is 1. The Labute approximate surface area is 159 Å². The first-order valence-electron chi connectivity index (χ1n) is 9.17. The number of nitrogens with zero attached hydrogens (tertiary/aromatic N) is 2. The van der Waals surface area contributed by atoms with Gasteiger partial charge in [0, 0.05) is 13.1 Å². The second kappa shape index (κ2) is 8.58. The molecule has 1 atom stereocenters. The van der Waals surface area contributed by atoms with E-state index in [9.17, 15) is 9.59 Å². The molecule has 0 unspecified atom stereocenters. The first-order valence-corrected chi connectivity index (χ1v) is 9.17. The Kier molecular flexibility index (Phi) is 5.96. The molecule has 6 heteroatoms. The number of benzene rings is 2. The minimum absolute atomic E-state index is 0.0507. The number of urea groups is 1. The third-order valence-electron chi connectivity index (χ3n) is 4.79. The number of piperazine rings is 1. The number of carbonyl (C=O) groups excluding carboxylic acids is 2. The van der Waals surface area contributed by atoms with Crippen LogP contribution in [0.4, 0.5) is 10.5 Å². The van der Waals surface area contributed by atoms with Crippen molar-refractivity contribution in [1.82, 2.24) is 10.2 Å². The molecule has 0 spiro atoms. The van der Waals surface area contributed by atoms with Crippen molar-refractivity contribution in [2.24, 2.45) is 0 Å². The van der Waals surface area contributed by atoms with Gasteiger partial charge in [0.2, 0.25) is 5.91 Å². The lowest BCUT2D eigenvalue weighted by atomic mass is 10.1. The summed E-state index contributed by atoms with van der Waals surface area (Å²) >= 11 is 0. The summed E-state index contributed by atoms with van der Waals surface area (Å²) in [7, 11) is 1.58. The van der Waals surface area contributed by atoms with Gasteiger partial charge in [-0.2, -0.15) is 0 Å². The molecule has 1 heterocycles. The normalized spacial score (nSPS) is 15.4. The van der Waals surface area contributed by atoms with Gasteiger partial charge in [-0.15, -0.1) is 0 Å². The van der Waals surface area contributed by atoms with E-state index < -0.39 is 0 Å². The van der Waals surface area contributed by atoms with Crippen molar-refractivity contribution < 1.29 is 14.3 Å².